The van der Waals surface area contributed by atoms with Crippen molar-refractivity contribution in [3.8, 4) is 0 Å². The summed E-state index contributed by atoms with van der Waals surface area (Å²) in [4.78, 5) is 28.6. The van der Waals surface area contributed by atoms with Crippen molar-refractivity contribution in [2.45, 2.75) is 13.8 Å². The van der Waals surface area contributed by atoms with E-state index in [1.807, 2.05) is 13.8 Å². The van der Waals surface area contributed by atoms with Gasteiger partial charge in [0.2, 0.25) is 0 Å². The van der Waals surface area contributed by atoms with Crippen LogP contribution in [0.1, 0.15) is 10.6 Å². The second kappa shape index (κ2) is 6.02. The maximum absolute atomic E-state index is 11.7. The molecule has 5 nitrogen and oxygen atoms in total. The summed E-state index contributed by atoms with van der Waals surface area (Å²) in [5.74, 6) is -1.53. The second-order valence-electron chi connectivity index (χ2n) is 4.08. The molecule has 0 spiro atoms. The maximum atomic E-state index is 11.7. The van der Waals surface area contributed by atoms with E-state index < -0.39 is 11.8 Å². The van der Waals surface area contributed by atoms with E-state index in [1.165, 1.54) is 11.3 Å². The molecule has 7 heteroatoms. The Balaban J connectivity index is 2.00. The van der Waals surface area contributed by atoms with Crippen molar-refractivity contribution in [3.63, 3.8) is 0 Å². The molecule has 0 atom stereocenters. The third kappa shape index (κ3) is 3.55. The molecule has 0 aliphatic carbocycles. The van der Waals surface area contributed by atoms with Crippen LogP contribution < -0.4 is 10.6 Å². The van der Waals surface area contributed by atoms with Crippen molar-refractivity contribution in [3.05, 3.63) is 39.9 Å². The Morgan fingerprint density at radius 3 is 2.50 bits per heavy atom. The number of nitrogens with one attached hydrogen (secondary N) is 2. The fourth-order valence-electron chi connectivity index (χ4n) is 1.43. The van der Waals surface area contributed by atoms with Crippen LogP contribution in [0.3, 0.4) is 0 Å². The van der Waals surface area contributed by atoms with Crippen LogP contribution in [0, 0.1) is 13.8 Å². The highest BCUT2D eigenvalue weighted by atomic mass is 35.5. The Bertz CT molecular complexity index is 650. The van der Waals surface area contributed by atoms with Gasteiger partial charge < -0.3 is 5.32 Å². The van der Waals surface area contributed by atoms with Gasteiger partial charge in [0.15, 0.2) is 5.13 Å². The zero-order valence-electron chi connectivity index (χ0n) is 10.9. The Labute approximate surface area is 125 Å². The van der Waals surface area contributed by atoms with Crippen molar-refractivity contribution in [1.29, 1.82) is 0 Å². The van der Waals surface area contributed by atoms with Gasteiger partial charge in [-0.25, -0.2) is 4.98 Å². The van der Waals surface area contributed by atoms with Crippen molar-refractivity contribution in [2.24, 2.45) is 0 Å². The van der Waals surface area contributed by atoms with Crippen molar-refractivity contribution in [1.82, 2.24) is 4.98 Å². The molecule has 1 heterocycles. The molecule has 0 saturated heterocycles. The average molecular weight is 310 g/mol. The number of benzene rings is 1. The van der Waals surface area contributed by atoms with E-state index in [0.717, 1.165) is 10.6 Å². The number of halogens is 1. The van der Waals surface area contributed by atoms with E-state index in [1.54, 1.807) is 24.3 Å². The number of rotatable bonds is 2. The number of nitrogens with zero attached hydrogens (tertiary/aromatic N) is 1. The minimum absolute atomic E-state index is 0.409. The van der Waals surface area contributed by atoms with Gasteiger partial charge in [-0.1, -0.05) is 17.7 Å². The SMILES string of the molecule is Cc1nc(NC(=O)C(=O)Nc2cccc(Cl)c2)sc1C. The number of hydrogen-bond acceptors (Lipinski definition) is 4. The first-order valence-electron chi connectivity index (χ1n) is 5.77. The van der Waals surface area contributed by atoms with Crippen LogP contribution in [0.15, 0.2) is 24.3 Å². The lowest BCUT2D eigenvalue weighted by Gasteiger charge is -2.04. The van der Waals surface area contributed by atoms with E-state index in [-0.39, 0.29) is 0 Å². The first-order chi connectivity index (χ1) is 9.45. The van der Waals surface area contributed by atoms with Gasteiger partial charge in [-0.3, -0.25) is 14.9 Å². The minimum Gasteiger partial charge on any atom is -0.318 e. The highest BCUT2D eigenvalue weighted by Gasteiger charge is 2.16. The van der Waals surface area contributed by atoms with Crippen molar-refractivity contribution >= 4 is 45.6 Å². The van der Waals surface area contributed by atoms with Gasteiger partial charge in [0.05, 0.1) is 5.69 Å². The summed E-state index contributed by atoms with van der Waals surface area (Å²) in [5, 5.41) is 5.82. The van der Waals surface area contributed by atoms with Gasteiger partial charge >= 0.3 is 11.8 Å². The van der Waals surface area contributed by atoms with Crippen LogP contribution in [0.5, 0.6) is 0 Å². The molecule has 0 fully saturated rings. The predicted molar refractivity (Wildman–Crippen MR) is 80.3 cm³/mol. The van der Waals surface area contributed by atoms with Gasteiger partial charge in [0.25, 0.3) is 0 Å². The minimum atomic E-state index is -0.766. The van der Waals surface area contributed by atoms with E-state index in [9.17, 15) is 9.59 Å². The van der Waals surface area contributed by atoms with Crippen LogP contribution >= 0.6 is 22.9 Å². The molecule has 1 aromatic carbocycles. The Kier molecular flexibility index (Phi) is 4.36. The summed E-state index contributed by atoms with van der Waals surface area (Å²) >= 11 is 7.12. The molecule has 0 aliphatic rings. The highest BCUT2D eigenvalue weighted by Crippen LogP contribution is 2.21. The number of hydrogen-bond donors (Lipinski definition) is 2. The van der Waals surface area contributed by atoms with Crippen LogP contribution in [-0.4, -0.2) is 16.8 Å². The topological polar surface area (TPSA) is 71.1 Å². The lowest BCUT2D eigenvalue weighted by Crippen LogP contribution is -2.29. The summed E-state index contributed by atoms with van der Waals surface area (Å²) < 4.78 is 0. The van der Waals surface area contributed by atoms with Crippen LogP contribution in [0.2, 0.25) is 5.02 Å². The molecular weight excluding hydrogens is 298 g/mol. The lowest BCUT2D eigenvalue weighted by atomic mass is 10.3. The number of amides is 2. The molecule has 104 valence electrons. The quantitative estimate of drug-likeness (QED) is 0.838. The fourth-order valence-corrected chi connectivity index (χ4v) is 2.43. The maximum Gasteiger partial charge on any atom is 0.315 e. The number of anilines is 2. The van der Waals surface area contributed by atoms with Gasteiger partial charge in [-0.05, 0) is 32.0 Å². The smallest absolute Gasteiger partial charge is 0.315 e. The summed E-state index contributed by atoms with van der Waals surface area (Å²) in [7, 11) is 0. The van der Waals surface area contributed by atoms with Crippen molar-refractivity contribution in [2.75, 3.05) is 10.6 Å². The molecule has 2 aromatic rings. The normalized spacial score (nSPS) is 10.2. The standard InChI is InChI=1S/C13H12ClN3O2S/c1-7-8(2)20-13(15-7)17-12(19)11(18)16-10-5-3-4-9(14)6-10/h3-6H,1-2H3,(H,16,18)(H,15,17,19). The van der Waals surface area contributed by atoms with Crippen LogP contribution in [-0.2, 0) is 9.59 Å². The van der Waals surface area contributed by atoms with E-state index in [4.69, 9.17) is 11.6 Å². The summed E-state index contributed by atoms with van der Waals surface area (Å²) in [6, 6.07) is 6.57. The van der Waals surface area contributed by atoms with Gasteiger partial charge in [0, 0.05) is 15.6 Å². The third-order valence-electron chi connectivity index (χ3n) is 2.54. The largest absolute Gasteiger partial charge is 0.318 e. The molecule has 0 bridgehead atoms. The van der Waals surface area contributed by atoms with E-state index in [2.05, 4.69) is 15.6 Å². The summed E-state index contributed by atoms with van der Waals surface area (Å²) in [5.41, 5.74) is 1.30. The molecule has 2 rings (SSSR count). The molecule has 2 amide bonds. The molecule has 2 N–H and O–H groups in total. The molecular formula is C13H12ClN3O2S. The number of aromatic nitrogens is 1. The molecule has 0 saturated carbocycles. The average Bonchev–Trinajstić information content (AvgIpc) is 2.68. The molecule has 1 aromatic heterocycles. The zero-order valence-corrected chi connectivity index (χ0v) is 12.4. The first kappa shape index (κ1) is 14.5. The number of thiazole rings is 1. The number of carbonyl (C=O) groups excluding carboxylic acids is 2. The lowest BCUT2D eigenvalue weighted by molar-refractivity contribution is -0.132. The van der Waals surface area contributed by atoms with Crippen LogP contribution in [0.25, 0.3) is 0 Å². The third-order valence-corrected chi connectivity index (χ3v) is 3.76. The number of aryl methyl sites for hydroxylation is 2. The highest BCUT2D eigenvalue weighted by molar-refractivity contribution is 7.15. The zero-order chi connectivity index (χ0) is 14.7. The Hall–Kier alpha value is -1.92. The molecule has 0 radical (unpaired) electrons. The predicted octanol–water partition coefficient (Wildman–Crippen LogP) is 2.99. The fraction of sp³-hybridized carbons (Fsp3) is 0.154. The molecule has 0 unspecified atom stereocenters. The van der Waals surface area contributed by atoms with Gasteiger partial charge in [-0.15, -0.1) is 11.3 Å². The monoisotopic (exact) mass is 309 g/mol. The van der Waals surface area contributed by atoms with E-state index in [0.29, 0.717) is 15.8 Å². The van der Waals surface area contributed by atoms with Gasteiger partial charge in [0.1, 0.15) is 0 Å². The Morgan fingerprint density at radius 1 is 1.20 bits per heavy atom. The first-order valence-corrected chi connectivity index (χ1v) is 6.97. The summed E-state index contributed by atoms with van der Waals surface area (Å²) in [6.07, 6.45) is 0. The van der Waals surface area contributed by atoms with Crippen LogP contribution in [0.4, 0.5) is 10.8 Å². The molecule has 20 heavy (non-hydrogen) atoms. The second-order valence-corrected chi connectivity index (χ2v) is 5.72. The van der Waals surface area contributed by atoms with E-state index >= 15 is 0 Å². The number of carbonyl (C=O) groups is 2. The summed E-state index contributed by atoms with van der Waals surface area (Å²) in [6.45, 7) is 3.74. The molecule has 0 aliphatic heterocycles. The van der Waals surface area contributed by atoms with Gasteiger partial charge in [-0.2, -0.15) is 0 Å². The Morgan fingerprint density at radius 2 is 1.90 bits per heavy atom. The van der Waals surface area contributed by atoms with Crippen molar-refractivity contribution < 1.29 is 9.59 Å².